The van der Waals surface area contributed by atoms with Gasteiger partial charge in [-0.15, -0.1) is 5.10 Å². The van der Waals surface area contributed by atoms with Gasteiger partial charge in [0.05, 0.1) is 12.3 Å². The quantitative estimate of drug-likeness (QED) is 0.712. The normalized spacial score (nSPS) is 15.8. The molecule has 0 aliphatic carbocycles. The van der Waals surface area contributed by atoms with E-state index >= 15 is 0 Å². The summed E-state index contributed by atoms with van der Waals surface area (Å²) >= 11 is 0. The lowest BCUT2D eigenvalue weighted by Crippen LogP contribution is -2.41. The molecule has 0 bridgehead atoms. The van der Waals surface area contributed by atoms with Crippen LogP contribution in [-0.2, 0) is 13.2 Å². The highest BCUT2D eigenvalue weighted by atomic mass is 19.4. The maximum Gasteiger partial charge on any atom is 0.451 e. The smallest absolute Gasteiger partial charge is 0.451 e. The Morgan fingerprint density at radius 1 is 1.31 bits per heavy atom. The number of H-pyrrole nitrogens is 1. The molecule has 1 N–H and O–H groups in total. The number of hydrogen-bond acceptors (Lipinski definition) is 5. The Labute approximate surface area is 161 Å². The van der Waals surface area contributed by atoms with Crippen LogP contribution in [0, 0.1) is 0 Å². The number of amides is 1. The fraction of sp³-hybridized carbons (Fsp3) is 0.412. The van der Waals surface area contributed by atoms with Gasteiger partial charge in [0.15, 0.2) is 11.5 Å². The monoisotopic (exact) mass is 410 g/mol. The van der Waals surface area contributed by atoms with Crippen LogP contribution in [0.2, 0.25) is 0 Å². The molecule has 1 fully saturated rings. The van der Waals surface area contributed by atoms with Crippen LogP contribution >= 0.6 is 0 Å². The van der Waals surface area contributed by atoms with Crippen LogP contribution in [0.4, 0.5) is 13.2 Å². The lowest BCUT2D eigenvalue weighted by atomic mass is 10.0. The molecule has 1 aliphatic heterocycles. The van der Waals surface area contributed by atoms with Crippen LogP contribution in [0.3, 0.4) is 0 Å². The lowest BCUT2D eigenvalue weighted by molar-refractivity contribution is -0.147. The van der Waals surface area contributed by atoms with Crippen molar-refractivity contribution in [3.05, 3.63) is 46.5 Å². The van der Waals surface area contributed by atoms with Gasteiger partial charge < -0.3 is 9.32 Å². The van der Waals surface area contributed by atoms with Gasteiger partial charge >= 0.3 is 11.9 Å². The SMILES string of the molecule is Cn1c(C(F)(F)F)nn(C2CCN(C(=O)c3cc(-c4ccco4)[nH]n3)CC2)c1=O. The zero-order chi connectivity index (χ0) is 20.8. The highest BCUT2D eigenvalue weighted by molar-refractivity contribution is 5.93. The van der Waals surface area contributed by atoms with Crippen LogP contribution in [0.25, 0.3) is 11.5 Å². The molecule has 0 atom stereocenters. The van der Waals surface area contributed by atoms with Gasteiger partial charge in [-0.1, -0.05) is 0 Å². The molecule has 0 aromatic carbocycles. The molecule has 0 saturated carbocycles. The van der Waals surface area contributed by atoms with Gasteiger partial charge in [-0.25, -0.2) is 9.48 Å². The van der Waals surface area contributed by atoms with Crippen molar-refractivity contribution in [2.45, 2.75) is 25.1 Å². The van der Waals surface area contributed by atoms with E-state index in [1.54, 1.807) is 23.1 Å². The predicted octanol–water partition coefficient (Wildman–Crippen LogP) is 2.06. The van der Waals surface area contributed by atoms with Crippen LogP contribution in [0.1, 0.15) is 35.2 Å². The van der Waals surface area contributed by atoms with Gasteiger partial charge in [0, 0.05) is 26.2 Å². The molecule has 0 unspecified atom stereocenters. The molecule has 3 aromatic rings. The number of halogens is 3. The maximum absolute atomic E-state index is 13.0. The van der Waals surface area contributed by atoms with Gasteiger partial charge in [0.2, 0.25) is 5.82 Å². The Kier molecular flexibility index (Phi) is 4.55. The van der Waals surface area contributed by atoms with E-state index in [2.05, 4.69) is 15.3 Å². The summed E-state index contributed by atoms with van der Waals surface area (Å²) in [5.74, 6) is -0.991. The highest BCUT2D eigenvalue weighted by Crippen LogP contribution is 2.28. The summed E-state index contributed by atoms with van der Waals surface area (Å²) in [7, 11) is 1.04. The van der Waals surface area contributed by atoms with E-state index in [0.717, 1.165) is 11.7 Å². The van der Waals surface area contributed by atoms with Gasteiger partial charge in [-0.3, -0.25) is 14.5 Å². The van der Waals surface area contributed by atoms with Crippen molar-refractivity contribution in [1.82, 2.24) is 29.4 Å². The van der Waals surface area contributed by atoms with Crippen LogP contribution < -0.4 is 5.69 Å². The van der Waals surface area contributed by atoms with Crippen molar-refractivity contribution in [2.24, 2.45) is 7.05 Å². The molecule has 1 saturated heterocycles. The minimum Gasteiger partial charge on any atom is -0.463 e. The van der Waals surface area contributed by atoms with Crippen molar-refractivity contribution in [2.75, 3.05) is 13.1 Å². The van der Waals surface area contributed by atoms with Crippen LogP contribution in [-0.4, -0.2) is 48.4 Å². The topological polar surface area (TPSA) is 102 Å². The standard InChI is InChI=1S/C17H17F3N6O3/c1-24-15(17(18,19)20)23-26(16(24)28)10-4-6-25(7-5-10)14(27)12-9-11(21-22-12)13-3-2-8-29-13/h2-3,8-10H,4-7H2,1H3,(H,21,22). The van der Waals surface area contributed by atoms with Crippen molar-refractivity contribution in [3.63, 3.8) is 0 Å². The van der Waals surface area contributed by atoms with E-state index in [1.807, 2.05) is 0 Å². The first kappa shape index (κ1) is 19.0. The second-order valence-electron chi connectivity index (χ2n) is 6.78. The predicted molar refractivity (Wildman–Crippen MR) is 92.9 cm³/mol. The summed E-state index contributed by atoms with van der Waals surface area (Å²) in [6.07, 6.45) is -2.57. The minimum absolute atomic E-state index is 0.212. The number of piperidine rings is 1. The summed E-state index contributed by atoms with van der Waals surface area (Å²) in [4.78, 5) is 26.4. The molecular weight excluding hydrogens is 393 g/mol. The third kappa shape index (κ3) is 3.45. The second kappa shape index (κ2) is 6.94. The number of alkyl halides is 3. The highest BCUT2D eigenvalue weighted by Gasteiger charge is 2.39. The fourth-order valence-electron chi connectivity index (χ4n) is 3.41. The molecule has 3 aromatic heterocycles. The Bertz CT molecular complexity index is 1070. The number of hydrogen-bond donors (Lipinski definition) is 1. The Hall–Kier alpha value is -3.31. The van der Waals surface area contributed by atoms with E-state index < -0.39 is 23.7 Å². The van der Waals surface area contributed by atoms with Crippen LogP contribution in [0.5, 0.6) is 0 Å². The fourth-order valence-corrected chi connectivity index (χ4v) is 3.41. The van der Waals surface area contributed by atoms with Gasteiger partial charge in [0.1, 0.15) is 5.69 Å². The van der Waals surface area contributed by atoms with Crippen molar-refractivity contribution < 1.29 is 22.4 Å². The van der Waals surface area contributed by atoms with E-state index in [0.29, 0.717) is 28.9 Å². The average Bonchev–Trinajstić information content (AvgIpc) is 3.42. The second-order valence-corrected chi connectivity index (χ2v) is 6.78. The molecule has 29 heavy (non-hydrogen) atoms. The molecule has 1 aliphatic rings. The molecule has 4 rings (SSSR count). The Morgan fingerprint density at radius 2 is 2.03 bits per heavy atom. The third-order valence-corrected chi connectivity index (χ3v) is 4.94. The zero-order valence-electron chi connectivity index (χ0n) is 15.3. The molecule has 154 valence electrons. The number of furan rings is 1. The number of aromatic nitrogens is 5. The van der Waals surface area contributed by atoms with Gasteiger partial charge in [-0.2, -0.15) is 18.3 Å². The van der Waals surface area contributed by atoms with Gasteiger partial charge in [0.25, 0.3) is 5.91 Å². The Morgan fingerprint density at radius 3 is 2.62 bits per heavy atom. The summed E-state index contributed by atoms with van der Waals surface area (Å²) < 4.78 is 45.5. The lowest BCUT2D eigenvalue weighted by Gasteiger charge is -2.31. The van der Waals surface area contributed by atoms with E-state index in [9.17, 15) is 22.8 Å². The summed E-state index contributed by atoms with van der Waals surface area (Å²) in [6, 6.07) is 4.51. The average molecular weight is 410 g/mol. The van der Waals surface area contributed by atoms with Gasteiger partial charge in [-0.05, 0) is 25.0 Å². The van der Waals surface area contributed by atoms with E-state index in [1.165, 1.54) is 6.26 Å². The maximum atomic E-state index is 13.0. The third-order valence-electron chi connectivity index (χ3n) is 4.94. The molecule has 12 heteroatoms. The molecule has 9 nitrogen and oxygen atoms in total. The number of carbonyl (C=O) groups excluding carboxylic acids is 1. The largest absolute Gasteiger partial charge is 0.463 e. The number of carbonyl (C=O) groups is 1. The van der Waals surface area contributed by atoms with Crippen molar-refractivity contribution in [1.29, 1.82) is 0 Å². The first-order valence-electron chi connectivity index (χ1n) is 8.87. The number of nitrogens with one attached hydrogen (secondary N) is 1. The van der Waals surface area contributed by atoms with Crippen molar-refractivity contribution in [3.8, 4) is 11.5 Å². The molecular formula is C17H17F3N6O3. The van der Waals surface area contributed by atoms with Crippen molar-refractivity contribution >= 4 is 5.91 Å². The molecule has 0 radical (unpaired) electrons. The number of likely N-dealkylation sites (tertiary alicyclic amines) is 1. The number of rotatable bonds is 3. The Balaban J connectivity index is 1.45. The van der Waals surface area contributed by atoms with Crippen LogP contribution in [0.15, 0.2) is 33.7 Å². The first-order chi connectivity index (χ1) is 13.8. The molecule has 1 amide bonds. The number of nitrogens with zero attached hydrogens (tertiary/aromatic N) is 5. The summed E-state index contributed by atoms with van der Waals surface area (Å²) in [6.45, 7) is 0.549. The number of aromatic amines is 1. The first-order valence-corrected chi connectivity index (χ1v) is 8.87. The van der Waals surface area contributed by atoms with E-state index in [-0.39, 0.29) is 24.7 Å². The van der Waals surface area contributed by atoms with E-state index in [4.69, 9.17) is 4.42 Å². The zero-order valence-corrected chi connectivity index (χ0v) is 15.3. The minimum atomic E-state index is -4.71. The summed E-state index contributed by atoms with van der Waals surface area (Å²) in [5.41, 5.74) is -0.0466. The summed E-state index contributed by atoms with van der Waals surface area (Å²) in [5, 5.41) is 10.2. The molecule has 0 spiro atoms. The molecule has 4 heterocycles.